The summed E-state index contributed by atoms with van der Waals surface area (Å²) in [6.45, 7) is 3.96. The highest BCUT2D eigenvalue weighted by Crippen LogP contribution is 2.02. The first-order chi connectivity index (χ1) is 5.79. The van der Waals surface area contributed by atoms with E-state index in [0.717, 1.165) is 18.4 Å². The van der Waals surface area contributed by atoms with Crippen LogP contribution in [0.15, 0.2) is 16.6 Å². The lowest BCUT2D eigenvalue weighted by atomic mass is 10.1. The molecule has 1 amide bonds. The van der Waals surface area contributed by atoms with E-state index in [1.165, 1.54) is 0 Å². The fraction of sp³-hybridized carbons (Fsp3) is 0.556. The second kappa shape index (κ2) is 6.58. The van der Waals surface area contributed by atoms with Gasteiger partial charge in [-0.2, -0.15) is 0 Å². The summed E-state index contributed by atoms with van der Waals surface area (Å²) in [7, 11) is 1.72. The largest absolute Gasteiger partial charge is 0.352 e. The number of aliphatic imine (C=N–C) groups is 1. The van der Waals surface area contributed by atoms with Crippen LogP contribution in [0.5, 0.6) is 0 Å². The molecule has 0 spiro atoms. The summed E-state index contributed by atoms with van der Waals surface area (Å²) in [6, 6.07) is 0.0937. The molecule has 0 aromatic heterocycles. The fourth-order valence-electron chi connectivity index (χ4n) is 1.05. The molecule has 0 bridgehead atoms. The number of carbonyl (C=O) groups is 1. The number of rotatable bonds is 5. The van der Waals surface area contributed by atoms with Crippen molar-refractivity contribution in [3.63, 3.8) is 0 Å². The maximum atomic E-state index is 10.2. The monoisotopic (exact) mass is 168 g/mol. The second-order valence-electron chi connectivity index (χ2n) is 2.42. The molecule has 0 aliphatic rings. The van der Waals surface area contributed by atoms with Crippen LogP contribution in [0.4, 0.5) is 0 Å². The van der Waals surface area contributed by atoms with Crippen molar-refractivity contribution in [2.24, 2.45) is 4.99 Å². The van der Waals surface area contributed by atoms with Gasteiger partial charge in [-0.1, -0.05) is 13.0 Å². The third-order valence-electron chi connectivity index (χ3n) is 1.69. The summed E-state index contributed by atoms with van der Waals surface area (Å²) in [6.07, 6.45) is 5.33. The zero-order chi connectivity index (χ0) is 9.40. The van der Waals surface area contributed by atoms with Crippen LogP contribution < -0.4 is 5.32 Å². The normalized spacial score (nSPS) is 14.8. The van der Waals surface area contributed by atoms with E-state index < -0.39 is 0 Å². The smallest absolute Gasteiger partial charge is 0.207 e. The summed E-state index contributed by atoms with van der Waals surface area (Å²) in [5, 5.41) is 2.73. The number of hydrogen-bond acceptors (Lipinski definition) is 2. The Morgan fingerprint density at radius 3 is 2.67 bits per heavy atom. The van der Waals surface area contributed by atoms with Crippen molar-refractivity contribution in [3.8, 4) is 0 Å². The van der Waals surface area contributed by atoms with E-state index in [9.17, 15) is 4.79 Å². The Morgan fingerprint density at radius 2 is 2.33 bits per heavy atom. The molecule has 68 valence electrons. The number of nitrogens with one attached hydrogen (secondary N) is 1. The Labute approximate surface area is 73.6 Å². The third-order valence-corrected chi connectivity index (χ3v) is 1.69. The molecule has 1 N–H and O–H groups in total. The first-order valence-corrected chi connectivity index (χ1v) is 4.08. The Morgan fingerprint density at radius 1 is 1.67 bits per heavy atom. The zero-order valence-electron chi connectivity index (χ0n) is 7.87. The maximum absolute atomic E-state index is 10.2. The van der Waals surface area contributed by atoms with Gasteiger partial charge >= 0.3 is 0 Å². The molecule has 3 heteroatoms. The molecule has 3 nitrogen and oxygen atoms in total. The highest BCUT2D eigenvalue weighted by molar-refractivity contribution is 5.80. The summed E-state index contributed by atoms with van der Waals surface area (Å²) < 4.78 is 0. The lowest BCUT2D eigenvalue weighted by molar-refractivity contribution is -0.109. The molecule has 1 atom stereocenters. The average Bonchev–Trinajstić information content (AvgIpc) is 2.11. The molecular weight excluding hydrogens is 152 g/mol. The van der Waals surface area contributed by atoms with Crippen molar-refractivity contribution < 1.29 is 4.79 Å². The molecule has 12 heavy (non-hydrogen) atoms. The van der Waals surface area contributed by atoms with Gasteiger partial charge in [-0.15, -0.1) is 0 Å². The summed E-state index contributed by atoms with van der Waals surface area (Å²) in [5.74, 6) is 0. The summed E-state index contributed by atoms with van der Waals surface area (Å²) >= 11 is 0. The van der Waals surface area contributed by atoms with Gasteiger partial charge in [-0.25, -0.2) is 0 Å². The molecule has 0 radical (unpaired) electrons. The lowest BCUT2D eigenvalue weighted by Gasteiger charge is -2.13. The third kappa shape index (κ3) is 3.32. The highest BCUT2D eigenvalue weighted by atomic mass is 16.1. The Hall–Kier alpha value is -1.12. The average molecular weight is 168 g/mol. The Balaban J connectivity index is 4.33. The predicted molar refractivity (Wildman–Crippen MR) is 51.5 cm³/mol. The summed E-state index contributed by atoms with van der Waals surface area (Å²) in [5.41, 5.74) is 1.05. The number of carbonyl (C=O) groups excluding carboxylic acids is 1. The minimum absolute atomic E-state index is 0.0937. The van der Waals surface area contributed by atoms with E-state index in [-0.39, 0.29) is 6.04 Å². The molecule has 0 aliphatic carbocycles. The van der Waals surface area contributed by atoms with Gasteiger partial charge in [0, 0.05) is 13.3 Å². The quantitative estimate of drug-likeness (QED) is 0.485. The van der Waals surface area contributed by atoms with Gasteiger partial charge in [0.05, 0.1) is 6.04 Å². The van der Waals surface area contributed by atoms with Crippen LogP contribution in [0.3, 0.4) is 0 Å². The van der Waals surface area contributed by atoms with Crippen molar-refractivity contribution in [3.05, 3.63) is 11.6 Å². The highest BCUT2D eigenvalue weighted by Gasteiger charge is 2.06. The number of allylic oxidation sites excluding steroid dienone is 1. The summed E-state index contributed by atoms with van der Waals surface area (Å²) in [4.78, 5) is 14.1. The first-order valence-electron chi connectivity index (χ1n) is 4.08. The van der Waals surface area contributed by atoms with Gasteiger partial charge in [-0.05, 0) is 18.9 Å². The first kappa shape index (κ1) is 10.9. The topological polar surface area (TPSA) is 41.5 Å². The van der Waals surface area contributed by atoms with Crippen molar-refractivity contribution in [2.75, 3.05) is 7.05 Å². The minimum Gasteiger partial charge on any atom is -0.352 e. The van der Waals surface area contributed by atoms with E-state index in [2.05, 4.69) is 10.3 Å². The van der Waals surface area contributed by atoms with Crippen molar-refractivity contribution >= 4 is 12.6 Å². The predicted octanol–water partition coefficient (Wildman–Crippen LogP) is 1.16. The zero-order valence-corrected chi connectivity index (χ0v) is 7.87. The molecule has 0 heterocycles. The van der Waals surface area contributed by atoms with Gasteiger partial charge in [0.15, 0.2) is 0 Å². The van der Waals surface area contributed by atoms with Gasteiger partial charge in [0.2, 0.25) is 6.41 Å². The second-order valence-corrected chi connectivity index (χ2v) is 2.42. The van der Waals surface area contributed by atoms with Crippen LogP contribution in [0.25, 0.3) is 0 Å². The van der Waals surface area contributed by atoms with Crippen LogP contribution in [0.1, 0.15) is 20.3 Å². The van der Waals surface area contributed by atoms with E-state index >= 15 is 0 Å². The standard InChI is InChI=1S/C9H16N2O/c1-4-8(6-10-3)9(5-2)11-7-12/h4,6-7,9H,5H2,1-3H3,(H,11,12)/b8-4+,10-6?. The van der Waals surface area contributed by atoms with E-state index in [1.807, 2.05) is 19.9 Å². The Bertz CT molecular complexity index is 185. The molecule has 0 aliphatic heterocycles. The van der Waals surface area contributed by atoms with Gasteiger partial charge in [0.1, 0.15) is 0 Å². The SMILES string of the molecule is C/C=C(\C=NC)C(CC)NC=O. The minimum atomic E-state index is 0.0937. The number of nitrogens with zero attached hydrogens (tertiary/aromatic N) is 1. The molecule has 1 unspecified atom stereocenters. The molecule has 0 aromatic rings. The molecular formula is C9H16N2O. The maximum Gasteiger partial charge on any atom is 0.207 e. The Kier molecular flexibility index (Phi) is 5.97. The van der Waals surface area contributed by atoms with Gasteiger partial charge in [-0.3, -0.25) is 9.79 Å². The molecule has 0 aromatic carbocycles. The van der Waals surface area contributed by atoms with Crippen molar-refractivity contribution in [1.82, 2.24) is 5.32 Å². The van der Waals surface area contributed by atoms with Crippen LogP contribution in [-0.4, -0.2) is 25.7 Å². The van der Waals surface area contributed by atoms with Gasteiger partial charge < -0.3 is 5.32 Å². The van der Waals surface area contributed by atoms with E-state index in [1.54, 1.807) is 13.3 Å². The van der Waals surface area contributed by atoms with Crippen LogP contribution in [-0.2, 0) is 4.79 Å². The van der Waals surface area contributed by atoms with Crippen molar-refractivity contribution in [2.45, 2.75) is 26.3 Å². The molecule has 0 saturated carbocycles. The fourth-order valence-corrected chi connectivity index (χ4v) is 1.05. The van der Waals surface area contributed by atoms with E-state index in [0.29, 0.717) is 0 Å². The van der Waals surface area contributed by atoms with Crippen molar-refractivity contribution in [1.29, 1.82) is 0 Å². The van der Waals surface area contributed by atoms with E-state index in [4.69, 9.17) is 0 Å². The lowest BCUT2D eigenvalue weighted by Crippen LogP contribution is -2.29. The van der Waals surface area contributed by atoms with Crippen LogP contribution in [0.2, 0.25) is 0 Å². The molecule has 0 fully saturated rings. The van der Waals surface area contributed by atoms with Gasteiger partial charge in [0.25, 0.3) is 0 Å². The van der Waals surface area contributed by atoms with Crippen LogP contribution in [0, 0.1) is 0 Å². The number of hydrogen-bond donors (Lipinski definition) is 1. The van der Waals surface area contributed by atoms with Crippen LogP contribution >= 0.6 is 0 Å². The molecule has 0 saturated heterocycles. The number of amides is 1. The molecule has 0 rings (SSSR count).